The summed E-state index contributed by atoms with van der Waals surface area (Å²) < 4.78 is 0. The lowest BCUT2D eigenvalue weighted by Gasteiger charge is -2.28. The normalized spacial score (nSPS) is 37.8. The minimum absolute atomic E-state index is 0.376. The van der Waals surface area contributed by atoms with Crippen LogP contribution in [0.5, 0.6) is 0 Å². The maximum absolute atomic E-state index is 5.78. The molecule has 2 atom stereocenters. The third kappa shape index (κ3) is 2.46. The molecule has 0 amide bonds. The molecule has 1 fully saturated rings. The van der Waals surface area contributed by atoms with Crippen LogP contribution in [0.1, 0.15) is 39.0 Å². The molecular formula is C10H22N2. The molecule has 2 heteroatoms. The number of hydrogen-bond donors (Lipinski definition) is 2. The lowest BCUT2D eigenvalue weighted by atomic mass is 9.79. The van der Waals surface area contributed by atoms with Crippen LogP contribution in [0.25, 0.3) is 0 Å². The molecule has 12 heavy (non-hydrogen) atoms. The van der Waals surface area contributed by atoms with Crippen LogP contribution in [0.3, 0.4) is 0 Å². The Kier molecular flexibility index (Phi) is 3.53. The summed E-state index contributed by atoms with van der Waals surface area (Å²) >= 11 is 0. The fourth-order valence-corrected chi connectivity index (χ4v) is 2.27. The van der Waals surface area contributed by atoms with Gasteiger partial charge < -0.3 is 11.5 Å². The van der Waals surface area contributed by atoms with E-state index >= 15 is 0 Å². The molecule has 0 aromatic carbocycles. The average molecular weight is 170 g/mol. The van der Waals surface area contributed by atoms with Crippen LogP contribution in [-0.4, -0.2) is 13.1 Å². The summed E-state index contributed by atoms with van der Waals surface area (Å²) in [5, 5.41) is 0. The summed E-state index contributed by atoms with van der Waals surface area (Å²) in [6.45, 7) is 3.97. The fourth-order valence-electron chi connectivity index (χ4n) is 2.27. The third-order valence-corrected chi connectivity index (χ3v) is 3.25. The van der Waals surface area contributed by atoms with Gasteiger partial charge in [-0.15, -0.1) is 0 Å². The molecule has 72 valence electrons. The molecule has 0 radical (unpaired) electrons. The van der Waals surface area contributed by atoms with E-state index in [4.69, 9.17) is 11.5 Å². The summed E-state index contributed by atoms with van der Waals surface area (Å²) in [4.78, 5) is 0. The van der Waals surface area contributed by atoms with E-state index in [1.54, 1.807) is 0 Å². The predicted octanol–water partition coefficient (Wildman–Crippen LogP) is 1.49. The second-order valence-electron chi connectivity index (χ2n) is 4.57. The summed E-state index contributed by atoms with van der Waals surface area (Å²) in [5.41, 5.74) is 11.9. The predicted molar refractivity (Wildman–Crippen MR) is 52.8 cm³/mol. The molecule has 2 unspecified atom stereocenters. The quantitative estimate of drug-likeness (QED) is 0.617. The first-order valence-electron chi connectivity index (χ1n) is 5.10. The highest BCUT2D eigenvalue weighted by Crippen LogP contribution is 2.36. The smallest absolute Gasteiger partial charge is 0.00231 e. The van der Waals surface area contributed by atoms with Crippen molar-refractivity contribution in [2.45, 2.75) is 39.0 Å². The van der Waals surface area contributed by atoms with Crippen LogP contribution < -0.4 is 11.5 Å². The average Bonchev–Trinajstić information content (AvgIpc) is 2.28. The Labute approximate surface area is 75.7 Å². The van der Waals surface area contributed by atoms with Crippen molar-refractivity contribution in [1.29, 1.82) is 0 Å². The zero-order valence-electron chi connectivity index (χ0n) is 8.18. The highest BCUT2D eigenvalue weighted by molar-refractivity contribution is 4.82. The van der Waals surface area contributed by atoms with Crippen molar-refractivity contribution < 1.29 is 0 Å². The van der Waals surface area contributed by atoms with Crippen molar-refractivity contribution in [3.63, 3.8) is 0 Å². The molecule has 0 aliphatic heterocycles. The minimum atomic E-state index is 0.376. The zero-order valence-corrected chi connectivity index (χ0v) is 8.18. The number of rotatable bonds is 2. The van der Waals surface area contributed by atoms with Gasteiger partial charge in [0.15, 0.2) is 0 Å². The Bertz CT molecular complexity index is 136. The molecule has 1 aliphatic carbocycles. The molecule has 0 bridgehead atoms. The lowest BCUT2D eigenvalue weighted by molar-refractivity contribution is 0.250. The van der Waals surface area contributed by atoms with Crippen LogP contribution in [-0.2, 0) is 0 Å². The van der Waals surface area contributed by atoms with E-state index in [1.165, 1.54) is 32.1 Å². The highest BCUT2D eigenvalue weighted by Gasteiger charge is 2.28. The van der Waals surface area contributed by atoms with Crippen molar-refractivity contribution in [2.24, 2.45) is 22.8 Å². The molecule has 1 saturated carbocycles. The van der Waals surface area contributed by atoms with E-state index in [-0.39, 0.29) is 0 Å². The molecule has 1 aliphatic rings. The molecule has 0 saturated heterocycles. The first-order chi connectivity index (χ1) is 5.70. The van der Waals surface area contributed by atoms with Crippen LogP contribution in [0.4, 0.5) is 0 Å². The van der Waals surface area contributed by atoms with E-state index in [2.05, 4.69) is 6.92 Å². The molecule has 0 spiro atoms. The van der Waals surface area contributed by atoms with Gasteiger partial charge >= 0.3 is 0 Å². The molecular weight excluding hydrogens is 148 g/mol. The van der Waals surface area contributed by atoms with Gasteiger partial charge in [-0.05, 0) is 43.7 Å². The standard InChI is InChI=1S/C10H22N2/c1-10(8-12)5-3-2-4-9(6-10)7-11/h9H,2-8,11-12H2,1H3. The molecule has 4 N–H and O–H groups in total. The largest absolute Gasteiger partial charge is 0.330 e. The Balaban J connectivity index is 2.52. The molecule has 0 aromatic heterocycles. The maximum atomic E-state index is 5.78. The van der Waals surface area contributed by atoms with Crippen LogP contribution in [0.2, 0.25) is 0 Å². The molecule has 2 nitrogen and oxygen atoms in total. The number of nitrogens with two attached hydrogens (primary N) is 2. The van der Waals surface area contributed by atoms with Crippen molar-refractivity contribution in [1.82, 2.24) is 0 Å². The fraction of sp³-hybridized carbons (Fsp3) is 1.00. The maximum Gasteiger partial charge on any atom is -0.00231 e. The Morgan fingerprint density at radius 2 is 2.08 bits per heavy atom. The van der Waals surface area contributed by atoms with E-state index in [0.29, 0.717) is 5.41 Å². The first kappa shape index (κ1) is 10.0. The van der Waals surface area contributed by atoms with Gasteiger partial charge in [-0.1, -0.05) is 19.8 Å². The third-order valence-electron chi connectivity index (χ3n) is 3.25. The van der Waals surface area contributed by atoms with Gasteiger partial charge in [0.2, 0.25) is 0 Å². The summed E-state index contributed by atoms with van der Waals surface area (Å²) in [6.07, 6.45) is 6.52. The lowest BCUT2D eigenvalue weighted by Crippen LogP contribution is -2.30. The molecule has 1 rings (SSSR count). The van der Waals surface area contributed by atoms with Crippen LogP contribution in [0.15, 0.2) is 0 Å². The Hall–Kier alpha value is -0.0800. The molecule has 0 aromatic rings. The van der Waals surface area contributed by atoms with Gasteiger partial charge in [0, 0.05) is 0 Å². The van der Waals surface area contributed by atoms with Gasteiger partial charge in [0.25, 0.3) is 0 Å². The molecule has 0 heterocycles. The minimum Gasteiger partial charge on any atom is -0.330 e. The van der Waals surface area contributed by atoms with Gasteiger partial charge in [0.1, 0.15) is 0 Å². The van der Waals surface area contributed by atoms with Gasteiger partial charge in [-0.25, -0.2) is 0 Å². The monoisotopic (exact) mass is 170 g/mol. The van der Waals surface area contributed by atoms with Crippen LogP contribution >= 0.6 is 0 Å². The summed E-state index contributed by atoms with van der Waals surface area (Å²) in [6, 6.07) is 0. The summed E-state index contributed by atoms with van der Waals surface area (Å²) in [5.74, 6) is 0.723. The number of hydrogen-bond acceptors (Lipinski definition) is 2. The van der Waals surface area contributed by atoms with E-state index < -0.39 is 0 Å². The zero-order chi connectivity index (χ0) is 9.03. The van der Waals surface area contributed by atoms with Crippen molar-refractivity contribution in [3.05, 3.63) is 0 Å². The van der Waals surface area contributed by atoms with Gasteiger partial charge in [0.05, 0.1) is 0 Å². The first-order valence-corrected chi connectivity index (χ1v) is 5.10. The van der Waals surface area contributed by atoms with E-state index in [0.717, 1.165) is 19.0 Å². The Morgan fingerprint density at radius 3 is 2.67 bits per heavy atom. The second kappa shape index (κ2) is 4.24. The van der Waals surface area contributed by atoms with Gasteiger partial charge in [-0.2, -0.15) is 0 Å². The highest BCUT2D eigenvalue weighted by atomic mass is 14.6. The van der Waals surface area contributed by atoms with E-state index in [9.17, 15) is 0 Å². The Morgan fingerprint density at radius 1 is 1.33 bits per heavy atom. The second-order valence-corrected chi connectivity index (χ2v) is 4.57. The van der Waals surface area contributed by atoms with Crippen molar-refractivity contribution in [3.8, 4) is 0 Å². The van der Waals surface area contributed by atoms with Gasteiger partial charge in [-0.3, -0.25) is 0 Å². The summed E-state index contributed by atoms with van der Waals surface area (Å²) in [7, 11) is 0. The van der Waals surface area contributed by atoms with E-state index in [1.807, 2.05) is 0 Å². The van der Waals surface area contributed by atoms with Crippen molar-refractivity contribution >= 4 is 0 Å². The van der Waals surface area contributed by atoms with Crippen molar-refractivity contribution in [2.75, 3.05) is 13.1 Å². The SMILES string of the molecule is CC1(CN)CCCCC(CN)C1. The topological polar surface area (TPSA) is 52.0 Å². The van der Waals surface area contributed by atoms with Crippen LogP contribution in [0, 0.1) is 11.3 Å².